The van der Waals surface area contributed by atoms with Crippen LogP contribution in [0.4, 0.5) is 0 Å². The summed E-state index contributed by atoms with van der Waals surface area (Å²) in [5.74, 6) is 6.63. The van der Waals surface area contributed by atoms with Gasteiger partial charge in [0.15, 0.2) is 11.5 Å². The van der Waals surface area contributed by atoms with Crippen molar-refractivity contribution in [1.29, 1.82) is 0 Å². The summed E-state index contributed by atoms with van der Waals surface area (Å²) in [5.41, 5.74) is 1.63. The van der Waals surface area contributed by atoms with Crippen LogP contribution in [-0.2, 0) is 26.0 Å². The Hall–Kier alpha value is -2.97. The van der Waals surface area contributed by atoms with Gasteiger partial charge in [0.05, 0.1) is 26.1 Å². The summed E-state index contributed by atoms with van der Waals surface area (Å²) < 4.78 is 48.3. The fourth-order valence-electron chi connectivity index (χ4n) is 3.22. The van der Waals surface area contributed by atoms with Crippen LogP contribution in [0.3, 0.4) is 0 Å². The number of ether oxygens (including phenoxy) is 4. The van der Waals surface area contributed by atoms with Crippen LogP contribution in [0, 0.1) is 11.8 Å². The fourth-order valence-corrected chi connectivity index (χ4v) is 4.19. The van der Waals surface area contributed by atoms with Crippen LogP contribution in [-0.4, -0.2) is 66.7 Å². The molecule has 0 saturated carbocycles. The van der Waals surface area contributed by atoms with Gasteiger partial charge in [0.2, 0.25) is 21.7 Å². The van der Waals surface area contributed by atoms with Crippen LogP contribution in [0.15, 0.2) is 36.4 Å². The third-order valence-corrected chi connectivity index (χ3v) is 7.03. The molecule has 1 amide bonds. The first-order valence-electron chi connectivity index (χ1n) is 11.6. The number of hydrogen-bond acceptors (Lipinski definition) is 7. The molecule has 0 radical (unpaired) electrons. The summed E-state index contributed by atoms with van der Waals surface area (Å²) in [4.78, 5) is 12.7. The average Bonchev–Trinajstić information content (AvgIpc) is 2.90. The Kier molecular flexibility index (Phi) is 12.0. The number of methoxy groups -OCH3 is 3. The summed E-state index contributed by atoms with van der Waals surface area (Å²) in [6.07, 6.45) is -0.218. The quantitative estimate of drug-likeness (QED) is 0.367. The van der Waals surface area contributed by atoms with Gasteiger partial charge in [-0.25, -0.2) is 13.1 Å². The van der Waals surface area contributed by atoms with Crippen LogP contribution in [0.25, 0.3) is 0 Å². The largest absolute Gasteiger partial charge is 0.493 e. The van der Waals surface area contributed by atoms with E-state index in [1.807, 2.05) is 12.1 Å². The van der Waals surface area contributed by atoms with Crippen LogP contribution >= 0.6 is 11.6 Å². The highest BCUT2D eigenvalue weighted by Crippen LogP contribution is 2.38. The van der Waals surface area contributed by atoms with Gasteiger partial charge in [-0.1, -0.05) is 23.4 Å². The average molecular weight is 553 g/mol. The van der Waals surface area contributed by atoms with E-state index in [-0.39, 0.29) is 18.9 Å². The standard InChI is InChI=1S/C26H33ClN2O7S/c1-6-37(31,32)29-24(18(2)33-3)26(30)28-14-13-20-16-22(34-4)25(23(17-20)35-5)36-15-7-8-19-9-11-21(27)12-10-19/h9-12,16-18,24,29H,6,13-15H2,1-5H3,(H,28,30). The van der Waals surface area contributed by atoms with Crippen molar-refractivity contribution in [2.45, 2.75) is 32.4 Å². The van der Waals surface area contributed by atoms with Crippen molar-refractivity contribution in [2.24, 2.45) is 0 Å². The lowest BCUT2D eigenvalue weighted by molar-refractivity contribution is -0.125. The van der Waals surface area contributed by atoms with E-state index in [9.17, 15) is 13.2 Å². The maximum absolute atomic E-state index is 12.7. The molecular formula is C26H33ClN2O7S. The minimum Gasteiger partial charge on any atom is -0.493 e. The highest BCUT2D eigenvalue weighted by atomic mass is 35.5. The number of halogens is 1. The summed E-state index contributed by atoms with van der Waals surface area (Å²) in [6.45, 7) is 3.47. The number of benzene rings is 2. The number of hydrogen-bond donors (Lipinski definition) is 2. The Morgan fingerprint density at radius 2 is 1.70 bits per heavy atom. The van der Waals surface area contributed by atoms with E-state index in [4.69, 9.17) is 30.5 Å². The van der Waals surface area contributed by atoms with E-state index in [0.29, 0.717) is 28.7 Å². The number of carbonyl (C=O) groups is 1. The molecule has 0 aliphatic heterocycles. The third kappa shape index (κ3) is 9.44. The van der Waals surface area contributed by atoms with Crippen LogP contribution in [0.2, 0.25) is 5.02 Å². The lowest BCUT2D eigenvalue weighted by atomic mass is 10.1. The molecule has 2 rings (SSSR count). The third-order valence-electron chi connectivity index (χ3n) is 5.41. The summed E-state index contributed by atoms with van der Waals surface area (Å²) in [5, 5.41) is 3.40. The number of carbonyl (C=O) groups excluding carboxylic acids is 1. The van der Waals surface area contributed by atoms with Gasteiger partial charge in [0, 0.05) is 24.2 Å². The van der Waals surface area contributed by atoms with E-state index in [1.54, 1.807) is 31.2 Å². The minimum atomic E-state index is -3.60. The Morgan fingerprint density at radius 3 is 2.24 bits per heavy atom. The summed E-state index contributed by atoms with van der Waals surface area (Å²) in [7, 11) is 0.848. The van der Waals surface area contributed by atoms with Crippen molar-refractivity contribution in [3.63, 3.8) is 0 Å². The molecule has 9 nitrogen and oxygen atoms in total. The lowest BCUT2D eigenvalue weighted by Gasteiger charge is -2.23. The highest BCUT2D eigenvalue weighted by molar-refractivity contribution is 7.89. The molecule has 202 valence electrons. The van der Waals surface area contributed by atoms with E-state index in [1.165, 1.54) is 28.3 Å². The maximum Gasteiger partial charge on any atom is 0.240 e. The van der Waals surface area contributed by atoms with Crippen molar-refractivity contribution < 1.29 is 32.2 Å². The minimum absolute atomic E-state index is 0.109. The molecule has 2 aromatic carbocycles. The monoisotopic (exact) mass is 552 g/mol. The number of nitrogens with one attached hydrogen (secondary N) is 2. The molecule has 0 fully saturated rings. The van der Waals surface area contributed by atoms with Gasteiger partial charge in [0.25, 0.3) is 0 Å². The Morgan fingerprint density at radius 1 is 1.08 bits per heavy atom. The first-order chi connectivity index (χ1) is 17.6. The predicted molar refractivity (Wildman–Crippen MR) is 143 cm³/mol. The van der Waals surface area contributed by atoms with Crippen molar-refractivity contribution in [3.05, 3.63) is 52.5 Å². The normalized spacial score (nSPS) is 12.6. The Balaban J connectivity index is 2.05. The van der Waals surface area contributed by atoms with Gasteiger partial charge in [0.1, 0.15) is 12.6 Å². The Labute approximate surface area is 223 Å². The molecule has 0 saturated heterocycles. The molecule has 0 spiro atoms. The van der Waals surface area contributed by atoms with Crippen LogP contribution in [0.1, 0.15) is 25.0 Å². The van der Waals surface area contributed by atoms with Crippen molar-refractivity contribution in [1.82, 2.24) is 10.0 Å². The van der Waals surface area contributed by atoms with E-state index in [2.05, 4.69) is 21.9 Å². The lowest BCUT2D eigenvalue weighted by Crippen LogP contribution is -2.53. The first-order valence-corrected chi connectivity index (χ1v) is 13.6. The van der Waals surface area contributed by atoms with Crippen LogP contribution < -0.4 is 24.2 Å². The zero-order valence-corrected chi connectivity index (χ0v) is 23.2. The summed E-state index contributed by atoms with van der Waals surface area (Å²) >= 11 is 5.89. The molecule has 11 heteroatoms. The zero-order valence-electron chi connectivity index (χ0n) is 21.6. The second-order valence-electron chi connectivity index (χ2n) is 7.91. The first kappa shape index (κ1) is 30.3. The molecule has 2 aromatic rings. The molecule has 0 aliphatic rings. The van der Waals surface area contributed by atoms with Gasteiger partial charge in [-0.05, 0) is 62.2 Å². The zero-order chi connectivity index (χ0) is 27.4. The molecule has 0 aromatic heterocycles. The topological polar surface area (TPSA) is 112 Å². The van der Waals surface area contributed by atoms with Crippen molar-refractivity contribution in [3.8, 4) is 29.1 Å². The highest BCUT2D eigenvalue weighted by Gasteiger charge is 2.29. The van der Waals surface area contributed by atoms with Crippen LogP contribution in [0.5, 0.6) is 17.2 Å². The van der Waals surface area contributed by atoms with Crippen molar-refractivity contribution in [2.75, 3.05) is 40.2 Å². The molecule has 0 aliphatic carbocycles. The van der Waals surface area contributed by atoms with E-state index < -0.39 is 28.1 Å². The molecule has 2 atom stereocenters. The number of sulfonamides is 1. The summed E-state index contributed by atoms with van der Waals surface area (Å²) in [6, 6.07) is 9.69. The molecule has 37 heavy (non-hydrogen) atoms. The molecule has 0 heterocycles. The van der Waals surface area contributed by atoms with Gasteiger partial charge in [-0.15, -0.1) is 0 Å². The Bertz CT molecular complexity index is 1180. The van der Waals surface area contributed by atoms with Gasteiger partial charge >= 0.3 is 0 Å². The van der Waals surface area contributed by atoms with Gasteiger partial charge in [-0.3, -0.25) is 4.79 Å². The molecule has 2 N–H and O–H groups in total. The van der Waals surface area contributed by atoms with Gasteiger partial charge in [-0.2, -0.15) is 0 Å². The SMILES string of the molecule is CCS(=O)(=O)NC(C(=O)NCCc1cc(OC)c(OCC#Cc2ccc(Cl)cc2)c(OC)c1)C(C)OC. The smallest absolute Gasteiger partial charge is 0.240 e. The predicted octanol–water partition coefficient (Wildman–Crippen LogP) is 2.79. The second kappa shape index (κ2) is 14.7. The number of rotatable bonds is 13. The van der Waals surface area contributed by atoms with E-state index in [0.717, 1.165) is 11.1 Å². The second-order valence-corrected chi connectivity index (χ2v) is 10.4. The fraction of sp³-hybridized carbons (Fsp3) is 0.423. The molecule has 0 bridgehead atoms. The number of amides is 1. The van der Waals surface area contributed by atoms with E-state index >= 15 is 0 Å². The maximum atomic E-state index is 12.7. The van der Waals surface area contributed by atoms with Crippen molar-refractivity contribution >= 4 is 27.5 Å². The molecule has 2 unspecified atom stereocenters. The van der Waals surface area contributed by atoms with Gasteiger partial charge < -0.3 is 24.3 Å². The molecular weight excluding hydrogens is 520 g/mol.